The second-order valence-corrected chi connectivity index (χ2v) is 3.39. The largest absolute Gasteiger partial charge is 0.290 e. The number of carbonyl (C=O) groups excluding carboxylic acids is 1. The highest BCUT2D eigenvalue weighted by Gasteiger charge is 2.16. The van der Waals surface area contributed by atoms with Gasteiger partial charge in [0.25, 0.3) is 5.91 Å². The quantitative estimate of drug-likeness (QED) is 0.353. The van der Waals surface area contributed by atoms with Crippen LogP contribution in [0.3, 0.4) is 0 Å². The van der Waals surface area contributed by atoms with Gasteiger partial charge >= 0.3 is 0 Å². The lowest BCUT2D eigenvalue weighted by Crippen LogP contribution is -2.31. The smallest absolute Gasteiger partial charge is 0.269 e. The Balaban J connectivity index is 3.33. The first-order valence-corrected chi connectivity index (χ1v) is 4.39. The molecule has 0 aliphatic rings. The maximum absolute atomic E-state index is 13.1. The summed E-state index contributed by atoms with van der Waals surface area (Å²) < 4.78 is 13.3. The number of rotatable bonds is 1. The van der Waals surface area contributed by atoms with Gasteiger partial charge in [0.05, 0.1) is 15.1 Å². The molecule has 1 amide bonds. The van der Waals surface area contributed by atoms with Crippen molar-refractivity contribution in [1.82, 2.24) is 5.43 Å². The van der Waals surface area contributed by atoms with E-state index in [1.165, 1.54) is 6.07 Å². The van der Waals surface area contributed by atoms with E-state index in [1.807, 2.05) is 5.43 Å². The molecule has 70 valence electrons. The first-order valence-electron chi connectivity index (χ1n) is 3.22. The molecule has 1 rings (SSSR count). The van der Waals surface area contributed by atoms with Gasteiger partial charge in [-0.1, -0.05) is 11.6 Å². The summed E-state index contributed by atoms with van der Waals surface area (Å²) in [6.45, 7) is 0. The number of hydrazine groups is 1. The van der Waals surface area contributed by atoms with Crippen molar-refractivity contribution in [1.29, 1.82) is 0 Å². The number of benzene rings is 1. The van der Waals surface area contributed by atoms with Gasteiger partial charge in [-0.3, -0.25) is 10.2 Å². The number of hydrogen-bond acceptors (Lipinski definition) is 2. The summed E-state index contributed by atoms with van der Waals surface area (Å²) in [6.07, 6.45) is 0. The molecular weight excluding hydrogens is 262 g/mol. The molecule has 0 saturated heterocycles. The molecule has 0 aliphatic heterocycles. The van der Waals surface area contributed by atoms with Crippen LogP contribution in [0, 0.1) is 5.82 Å². The molecule has 6 heteroatoms. The molecule has 0 unspecified atom stereocenters. The van der Waals surface area contributed by atoms with Crippen molar-refractivity contribution in [3.8, 4) is 0 Å². The molecule has 3 nitrogen and oxygen atoms in total. The summed E-state index contributed by atoms with van der Waals surface area (Å²) in [5, 5.41) is 0.250. The number of hydrogen-bond donors (Lipinski definition) is 2. The molecule has 0 fully saturated rings. The summed E-state index contributed by atoms with van der Waals surface area (Å²) in [5.74, 6) is 3.45. The molecule has 1 aromatic carbocycles. The van der Waals surface area contributed by atoms with Gasteiger partial charge < -0.3 is 0 Å². The van der Waals surface area contributed by atoms with Crippen LogP contribution in [0.15, 0.2) is 16.6 Å². The summed E-state index contributed by atoms with van der Waals surface area (Å²) in [4.78, 5) is 11.0. The molecule has 13 heavy (non-hydrogen) atoms. The van der Waals surface area contributed by atoms with Crippen LogP contribution in [0.2, 0.25) is 5.02 Å². The van der Waals surface area contributed by atoms with E-state index in [-0.39, 0.29) is 15.1 Å². The summed E-state index contributed by atoms with van der Waals surface area (Å²) >= 11 is 8.64. The van der Waals surface area contributed by atoms with Crippen molar-refractivity contribution in [2.24, 2.45) is 5.84 Å². The van der Waals surface area contributed by atoms with E-state index in [9.17, 15) is 9.18 Å². The maximum Gasteiger partial charge on any atom is 0.269 e. The average Bonchev–Trinajstić information content (AvgIpc) is 2.12. The van der Waals surface area contributed by atoms with Gasteiger partial charge in [-0.25, -0.2) is 10.2 Å². The number of amides is 1. The number of nitrogen functional groups attached to an aromatic ring is 1. The van der Waals surface area contributed by atoms with E-state index in [4.69, 9.17) is 17.4 Å². The first-order chi connectivity index (χ1) is 6.07. The minimum Gasteiger partial charge on any atom is -0.290 e. The molecule has 0 saturated carbocycles. The van der Waals surface area contributed by atoms with Crippen LogP contribution in [-0.4, -0.2) is 5.91 Å². The van der Waals surface area contributed by atoms with Crippen LogP contribution in [-0.2, 0) is 0 Å². The van der Waals surface area contributed by atoms with Crippen LogP contribution in [0.5, 0.6) is 0 Å². The monoisotopic (exact) mass is 266 g/mol. The summed E-state index contributed by atoms with van der Waals surface area (Å²) in [6, 6.07) is 2.44. The second kappa shape index (κ2) is 4.04. The van der Waals surface area contributed by atoms with Gasteiger partial charge in [0.2, 0.25) is 0 Å². The van der Waals surface area contributed by atoms with E-state index in [2.05, 4.69) is 15.9 Å². The standard InChI is InChI=1S/C7H5BrClFN2O/c8-6-3(9)1-2-4(10)5(6)7(13)12-11/h1-2H,11H2,(H,12,13). The van der Waals surface area contributed by atoms with Gasteiger partial charge in [-0.15, -0.1) is 0 Å². The van der Waals surface area contributed by atoms with E-state index in [0.717, 1.165) is 6.07 Å². The van der Waals surface area contributed by atoms with Crippen molar-refractivity contribution < 1.29 is 9.18 Å². The molecule has 0 aromatic heterocycles. The topological polar surface area (TPSA) is 55.1 Å². The summed E-state index contributed by atoms with van der Waals surface area (Å²) in [7, 11) is 0. The Morgan fingerprint density at radius 3 is 2.77 bits per heavy atom. The van der Waals surface area contributed by atoms with Gasteiger partial charge in [0.1, 0.15) is 5.82 Å². The van der Waals surface area contributed by atoms with E-state index in [1.54, 1.807) is 0 Å². The maximum atomic E-state index is 13.1. The highest BCUT2D eigenvalue weighted by molar-refractivity contribution is 9.10. The van der Waals surface area contributed by atoms with Crippen LogP contribution in [0.25, 0.3) is 0 Å². The lowest BCUT2D eigenvalue weighted by atomic mass is 10.2. The van der Waals surface area contributed by atoms with Crippen LogP contribution in [0.1, 0.15) is 10.4 Å². The average molecular weight is 267 g/mol. The Kier molecular flexibility index (Phi) is 3.24. The van der Waals surface area contributed by atoms with Crippen LogP contribution < -0.4 is 11.3 Å². The number of nitrogens with two attached hydrogens (primary N) is 1. The van der Waals surface area contributed by atoms with E-state index < -0.39 is 11.7 Å². The van der Waals surface area contributed by atoms with Gasteiger partial charge in [-0.05, 0) is 28.1 Å². The Bertz CT molecular complexity index is 359. The second-order valence-electron chi connectivity index (χ2n) is 2.19. The number of carbonyl (C=O) groups is 1. The van der Waals surface area contributed by atoms with Crippen molar-refractivity contribution in [3.05, 3.63) is 33.0 Å². The molecule has 0 aliphatic carbocycles. The van der Waals surface area contributed by atoms with E-state index in [0.29, 0.717) is 0 Å². The van der Waals surface area contributed by atoms with E-state index >= 15 is 0 Å². The number of nitrogens with one attached hydrogen (secondary N) is 1. The Morgan fingerprint density at radius 2 is 2.23 bits per heavy atom. The fourth-order valence-electron chi connectivity index (χ4n) is 0.807. The molecule has 0 spiro atoms. The van der Waals surface area contributed by atoms with Crippen molar-refractivity contribution in [2.45, 2.75) is 0 Å². The minimum absolute atomic E-state index is 0.192. The fourth-order valence-corrected chi connectivity index (χ4v) is 1.47. The molecule has 3 N–H and O–H groups in total. The predicted molar refractivity (Wildman–Crippen MR) is 50.8 cm³/mol. The highest BCUT2D eigenvalue weighted by atomic mass is 79.9. The zero-order valence-electron chi connectivity index (χ0n) is 6.27. The molecule has 0 heterocycles. The molecule has 1 aromatic rings. The predicted octanol–water partition coefficient (Wildman–Crippen LogP) is 1.85. The lowest BCUT2D eigenvalue weighted by Gasteiger charge is -2.05. The van der Waals surface area contributed by atoms with Crippen LogP contribution in [0.4, 0.5) is 4.39 Å². The number of halogens is 3. The molecule has 0 radical (unpaired) electrons. The Hall–Kier alpha value is -0.650. The normalized spacial score (nSPS) is 9.85. The Morgan fingerprint density at radius 1 is 1.62 bits per heavy atom. The van der Waals surface area contributed by atoms with Crippen LogP contribution >= 0.6 is 27.5 Å². The zero-order valence-corrected chi connectivity index (χ0v) is 8.62. The minimum atomic E-state index is -0.730. The summed E-state index contributed by atoms with van der Waals surface area (Å²) in [5.41, 5.74) is 1.62. The third-order valence-electron chi connectivity index (χ3n) is 1.40. The fraction of sp³-hybridized carbons (Fsp3) is 0. The molecular formula is C7H5BrClFN2O. The van der Waals surface area contributed by atoms with Gasteiger partial charge in [-0.2, -0.15) is 0 Å². The lowest BCUT2D eigenvalue weighted by molar-refractivity contribution is 0.0949. The SMILES string of the molecule is NNC(=O)c1c(F)ccc(Cl)c1Br. The molecule has 0 atom stereocenters. The van der Waals surface area contributed by atoms with Gasteiger partial charge in [0, 0.05) is 0 Å². The highest BCUT2D eigenvalue weighted by Crippen LogP contribution is 2.28. The van der Waals surface area contributed by atoms with Crippen molar-refractivity contribution in [3.63, 3.8) is 0 Å². The van der Waals surface area contributed by atoms with Gasteiger partial charge in [0.15, 0.2) is 0 Å². The third-order valence-corrected chi connectivity index (χ3v) is 2.77. The van der Waals surface area contributed by atoms with Crippen molar-refractivity contribution >= 4 is 33.4 Å². The zero-order chi connectivity index (χ0) is 10.0. The van der Waals surface area contributed by atoms with Crippen molar-refractivity contribution in [2.75, 3.05) is 0 Å². The third kappa shape index (κ3) is 1.99. The first kappa shape index (κ1) is 10.4. The molecule has 0 bridgehead atoms. The Labute approximate surface area is 87.2 Å².